The van der Waals surface area contributed by atoms with Crippen LogP contribution < -0.4 is 5.73 Å². The van der Waals surface area contributed by atoms with Crippen LogP contribution in [0.2, 0.25) is 0 Å². The summed E-state index contributed by atoms with van der Waals surface area (Å²) in [4.78, 5) is 5.56. The third-order valence-corrected chi connectivity index (χ3v) is 3.42. The Labute approximate surface area is 103 Å². The fraction of sp³-hybridized carbons (Fsp3) is 0.429. The first-order valence-corrected chi connectivity index (χ1v) is 6.14. The van der Waals surface area contributed by atoms with E-state index in [9.17, 15) is 0 Å². The molecular formula is C14H21N3. The zero-order chi connectivity index (χ0) is 12.4. The first-order chi connectivity index (χ1) is 8.19. The highest BCUT2D eigenvalue weighted by molar-refractivity contribution is 5.86. The molecule has 0 radical (unpaired) electrons. The zero-order valence-corrected chi connectivity index (χ0v) is 10.8. The Balaban J connectivity index is 2.56. The molecule has 0 spiro atoms. The minimum absolute atomic E-state index is 0.274. The highest BCUT2D eigenvalue weighted by Crippen LogP contribution is 2.28. The van der Waals surface area contributed by atoms with Gasteiger partial charge in [-0.3, -0.25) is 0 Å². The Morgan fingerprint density at radius 1 is 1.35 bits per heavy atom. The number of nitrogens with one attached hydrogen (secondary N) is 1. The molecule has 3 heteroatoms. The number of nitrogens with two attached hydrogens (primary N) is 1. The third-order valence-electron chi connectivity index (χ3n) is 3.42. The van der Waals surface area contributed by atoms with Crippen molar-refractivity contribution in [2.45, 2.75) is 19.4 Å². The number of para-hydroxylation sites is 1. The normalized spacial score (nSPS) is 13.5. The number of aromatic nitrogens is 1. The van der Waals surface area contributed by atoms with Crippen molar-refractivity contribution in [1.29, 1.82) is 0 Å². The van der Waals surface area contributed by atoms with Crippen molar-refractivity contribution in [3.63, 3.8) is 0 Å². The number of fused-ring (bicyclic) bond motifs is 1. The van der Waals surface area contributed by atoms with Crippen LogP contribution in [0, 0.1) is 0 Å². The summed E-state index contributed by atoms with van der Waals surface area (Å²) in [5.74, 6) is 0. The van der Waals surface area contributed by atoms with E-state index in [0.29, 0.717) is 6.54 Å². The molecule has 1 aromatic carbocycles. The summed E-state index contributed by atoms with van der Waals surface area (Å²) in [6.07, 6.45) is 3.15. The van der Waals surface area contributed by atoms with Crippen LogP contribution in [0.1, 0.15) is 24.1 Å². The van der Waals surface area contributed by atoms with Gasteiger partial charge in [0.2, 0.25) is 0 Å². The Bertz CT molecular complexity index is 499. The van der Waals surface area contributed by atoms with Gasteiger partial charge < -0.3 is 15.6 Å². The second-order valence-corrected chi connectivity index (χ2v) is 4.65. The van der Waals surface area contributed by atoms with E-state index in [0.717, 1.165) is 6.42 Å². The molecule has 0 amide bonds. The van der Waals surface area contributed by atoms with Gasteiger partial charge in [0.25, 0.3) is 0 Å². The molecular weight excluding hydrogens is 210 g/mol. The zero-order valence-electron chi connectivity index (χ0n) is 10.8. The molecule has 0 saturated carbocycles. The van der Waals surface area contributed by atoms with Gasteiger partial charge in [-0.15, -0.1) is 0 Å². The highest BCUT2D eigenvalue weighted by atomic mass is 15.1. The largest absolute Gasteiger partial charge is 0.361 e. The van der Waals surface area contributed by atoms with Crippen LogP contribution in [-0.4, -0.2) is 30.5 Å². The maximum atomic E-state index is 5.87. The number of nitrogens with zero attached hydrogens (tertiary/aromatic N) is 1. The number of aryl methyl sites for hydroxylation is 1. The van der Waals surface area contributed by atoms with E-state index in [1.807, 2.05) is 0 Å². The fourth-order valence-electron chi connectivity index (χ4n) is 2.43. The van der Waals surface area contributed by atoms with Gasteiger partial charge in [0.05, 0.1) is 0 Å². The Morgan fingerprint density at radius 2 is 2.12 bits per heavy atom. The van der Waals surface area contributed by atoms with Gasteiger partial charge >= 0.3 is 0 Å². The summed E-state index contributed by atoms with van der Waals surface area (Å²) in [6.45, 7) is 2.82. The lowest BCUT2D eigenvalue weighted by Crippen LogP contribution is -2.26. The Hall–Kier alpha value is -1.32. The van der Waals surface area contributed by atoms with E-state index in [-0.39, 0.29) is 6.04 Å². The molecule has 92 valence electrons. The van der Waals surface area contributed by atoms with Gasteiger partial charge in [-0.05, 0) is 31.6 Å². The quantitative estimate of drug-likeness (QED) is 0.848. The molecule has 3 N–H and O–H groups in total. The molecule has 0 saturated heterocycles. The summed E-state index contributed by atoms with van der Waals surface area (Å²) in [6, 6.07) is 6.75. The van der Waals surface area contributed by atoms with Crippen molar-refractivity contribution in [2.24, 2.45) is 5.73 Å². The number of hydrogen-bond donors (Lipinski definition) is 2. The summed E-state index contributed by atoms with van der Waals surface area (Å²) in [7, 11) is 4.14. The van der Waals surface area contributed by atoms with Crippen molar-refractivity contribution in [3.05, 3.63) is 35.5 Å². The lowest BCUT2D eigenvalue weighted by atomic mass is 10.0. The molecule has 0 bridgehead atoms. The highest BCUT2D eigenvalue weighted by Gasteiger charge is 2.16. The lowest BCUT2D eigenvalue weighted by Gasteiger charge is -2.22. The van der Waals surface area contributed by atoms with Crippen molar-refractivity contribution >= 4 is 10.9 Å². The van der Waals surface area contributed by atoms with Gasteiger partial charge in [0.15, 0.2) is 0 Å². The smallest absolute Gasteiger partial charge is 0.0489 e. The SMILES string of the molecule is CCc1cccc2c([C@@H](CN)N(C)C)c[nH]c12. The molecule has 0 aliphatic carbocycles. The molecule has 1 atom stereocenters. The lowest BCUT2D eigenvalue weighted by molar-refractivity contribution is 0.308. The van der Waals surface area contributed by atoms with Crippen molar-refractivity contribution in [1.82, 2.24) is 9.88 Å². The number of H-pyrrole nitrogens is 1. The van der Waals surface area contributed by atoms with Gasteiger partial charge in [0.1, 0.15) is 0 Å². The Morgan fingerprint density at radius 3 is 2.71 bits per heavy atom. The molecule has 0 fully saturated rings. The van der Waals surface area contributed by atoms with Gasteiger partial charge in [0, 0.05) is 29.7 Å². The summed E-state index contributed by atoms with van der Waals surface area (Å²) in [5, 5.41) is 1.30. The third kappa shape index (κ3) is 2.08. The molecule has 0 aliphatic heterocycles. The Kier molecular flexibility index (Phi) is 3.50. The summed E-state index contributed by atoms with van der Waals surface area (Å²) >= 11 is 0. The van der Waals surface area contributed by atoms with Crippen LogP contribution >= 0.6 is 0 Å². The molecule has 1 aromatic heterocycles. The second kappa shape index (κ2) is 4.90. The molecule has 17 heavy (non-hydrogen) atoms. The van der Waals surface area contributed by atoms with E-state index in [1.165, 1.54) is 22.0 Å². The van der Waals surface area contributed by atoms with Crippen LogP contribution in [-0.2, 0) is 6.42 Å². The molecule has 2 aromatic rings. The van der Waals surface area contributed by atoms with Crippen LogP contribution in [0.25, 0.3) is 10.9 Å². The molecule has 0 aliphatic rings. The number of rotatable bonds is 4. The first-order valence-electron chi connectivity index (χ1n) is 6.14. The van der Waals surface area contributed by atoms with Gasteiger partial charge in [-0.1, -0.05) is 25.1 Å². The van der Waals surface area contributed by atoms with Crippen LogP contribution in [0.4, 0.5) is 0 Å². The number of benzene rings is 1. The first kappa shape index (κ1) is 12.1. The maximum Gasteiger partial charge on any atom is 0.0489 e. The van der Waals surface area contributed by atoms with Crippen molar-refractivity contribution in [3.8, 4) is 0 Å². The van der Waals surface area contributed by atoms with E-state index < -0.39 is 0 Å². The number of hydrogen-bond acceptors (Lipinski definition) is 2. The number of likely N-dealkylation sites (N-methyl/N-ethyl adjacent to an activating group) is 1. The summed E-state index contributed by atoms with van der Waals surface area (Å²) < 4.78 is 0. The molecule has 2 rings (SSSR count). The van der Waals surface area contributed by atoms with Crippen molar-refractivity contribution in [2.75, 3.05) is 20.6 Å². The van der Waals surface area contributed by atoms with Crippen LogP contribution in [0.3, 0.4) is 0 Å². The fourth-order valence-corrected chi connectivity index (χ4v) is 2.43. The van der Waals surface area contributed by atoms with E-state index in [1.54, 1.807) is 0 Å². The minimum atomic E-state index is 0.274. The van der Waals surface area contributed by atoms with E-state index in [2.05, 4.69) is 55.3 Å². The van der Waals surface area contributed by atoms with Crippen LogP contribution in [0.5, 0.6) is 0 Å². The van der Waals surface area contributed by atoms with Crippen molar-refractivity contribution < 1.29 is 0 Å². The molecule has 1 heterocycles. The monoisotopic (exact) mass is 231 g/mol. The predicted octanol–water partition coefficient (Wildman–Crippen LogP) is 2.29. The second-order valence-electron chi connectivity index (χ2n) is 4.65. The van der Waals surface area contributed by atoms with Crippen LogP contribution in [0.15, 0.2) is 24.4 Å². The maximum absolute atomic E-state index is 5.87. The van der Waals surface area contributed by atoms with E-state index in [4.69, 9.17) is 5.73 Å². The number of aromatic amines is 1. The minimum Gasteiger partial charge on any atom is -0.361 e. The van der Waals surface area contributed by atoms with E-state index >= 15 is 0 Å². The predicted molar refractivity (Wildman–Crippen MR) is 73.2 cm³/mol. The van der Waals surface area contributed by atoms with Gasteiger partial charge in [-0.2, -0.15) is 0 Å². The topological polar surface area (TPSA) is 45.0 Å². The standard InChI is InChI=1S/C14H21N3/c1-4-10-6-5-7-11-12(9-16-14(10)11)13(8-15)17(2)3/h5-7,9,13,16H,4,8,15H2,1-3H3/t13-/m1/s1. The average Bonchev–Trinajstić information content (AvgIpc) is 2.73. The summed E-state index contributed by atoms with van der Waals surface area (Å²) in [5.41, 5.74) is 9.78. The molecule has 0 unspecified atom stereocenters. The molecule has 3 nitrogen and oxygen atoms in total. The average molecular weight is 231 g/mol. The van der Waals surface area contributed by atoms with Gasteiger partial charge in [-0.25, -0.2) is 0 Å².